The molecule has 0 aliphatic carbocycles. The zero-order chi connectivity index (χ0) is 27.5. The molecule has 210 valence electrons. The van der Waals surface area contributed by atoms with Crippen molar-refractivity contribution in [2.75, 3.05) is 39.1 Å². The van der Waals surface area contributed by atoms with Crippen LogP contribution in [0.1, 0.15) is 32.6 Å². The number of nitrogens with zero attached hydrogens (tertiary/aromatic N) is 2. The Kier molecular flexibility index (Phi) is 8.68. The zero-order valence-corrected chi connectivity index (χ0v) is 24.2. The summed E-state index contributed by atoms with van der Waals surface area (Å²) in [7, 11) is -3.91. The second kappa shape index (κ2) is 12.0. The number of aryl methyl sites for hydroxylation is 1. The van der Waals surface area contributed by atoms with E-state index in [4.69, 9.17) is 9.47 Å². The first-order valence-electron chi connectivity index (χ1n) is 13.6. The van der Waals surface area contributed by atoms with E-state index in [2.05, 4.69) is 23.7 Å². The first-order chi connectivity index (χ1) is 18.8. The Morgan fingerprint density at radius 1 is 1.15 bits per heavy atom. The molecule has 1 atom stereocenters. The third-order valence-electron chi connectivity index (χ3n) is 7.82. The van der Waals surface area contributed by atoms with Gasteiger partial charge in [-0.15, -0.1) is 11.8 Å². The van der Waals surface area contributed by atoms with E-state index in [0.29, 0.717) is 51.1 Å². The molecule has 2 fully saturated rings. The number of ether oxygens (including phenoxy) is 2. The second-order valence-corrected chi connectivity index (χ2v) is 13.0. The van der Waals surface area contributed by atoms with Crippen molar-refractivity contribution in [1.29, 1.82) is 0 Å². The summed E-state index contributed by atoms with van der Waals surface area (Å²) in [6, 6.07) is 15.5. The number of benzene rings is 2. The lowest BCUT2D eigenvalue weighted by Crippen LogP contribution is -2.47. The monoisotopic (exact) mass is 571 g/mol. The lowest BCUT2D eigenvalue weighted by molar-refractivity contribution is -0.0311. The molecule has 3 heterocycles. The van der Waals surface area contributed by atoms with Gasteiger partial charge in [0.2, 0.25) is 15.5 Å². The van der Waals surface area contributed by atoms with Gasteiger partial charge in [-0.25, -0.2) is 8.42 Å². The summed E-state index contributed by atoms with van der Waals surface area (Å²) >= 11 is 1.70. The van der Waals surface area contributed by atoms with Gasteiger partial charge in [0.15, 0.2) is 0 Å². The molecule has 3 aromatic rings. The van der Waals surface area contributed by atoms with Crippen molar-refractivity contribution in [3.63, 3.8) is 0 Å². The molecular formula is C29H37N3O5S2. The summed E-state index contributed by atoms with van der Waals surface area (Å²) in [6.07, 6.45) is 6.54. The quantitative estimate of drug-likeness (QED) is 0.289. The largest absolute Gasteiger partial charge is 0.494 e. The van der Waals surface area contributed by atoms with Crippen molar-refractivity contribution in [1.82, 2.24) is 14.2 Å². The van der Waals surface area contributed by atoms with Crippen LogP contribution in [0.5, 0.6) is 5.75 Å². The van der Waals surface area contributed by atoms with Crippen LogP contribution < -0.4 is 15.5 Å². The highest BCUT2D eigenvalue weighted by atomic mass is 32.2. The smallest absolute Gasteiger partial charge is 0.248 e. The molecule has 39 heavy (non-hydrogen) atoms. The molecule has 2 aliphatic rings. The number of para-hydroxylation sites is 1. The molecule has 10 heteroatoms. The Hall–Kier alpha value is -2.37. The maximum atomic E-state index is 13.6. The summed E-state index contributed by atoms with van der Waals surface area (Å²) in [5.41, 5.74) is -0.000416. The molecule has 1 spiro atoms. The third kappa shape index (κ3) is 6.05. The Bertz CT molecular complexity index is 1470. The standard InChI is InChI=1S/C29H37N3O5S2/c1-3-31-20-27(28(33)25-10-4-5-11-26(25)31)39(34,35)32-15-12-29(13-16-32)19-22(21-37-29)30-14-7-17-36-23-8-6-9-24(18-23)38-2/h4-6,8-11,18,20,22,30H,3,7,12-17,19,21H2,1-2H3. The third-order valence-corrected chi connectivity index (χ3v) is 10.4. The maximum Gasteiger partial charge on any atom is 0.248 e. The number of hydrogen-bond donors (Lipinski definition) is 1. The van der Waals surface area contributed by atoms with Gasteiger partial charge in [0.25, 0.3) is 0 Å². The number of sulfonamides is 1. The fourth-order valence-electron chi connectivity index (χ4n) is 5.62. The fourth-order valence-corrected chi connectivity index (χ4v) is 7.62. The van der Waals surface area contributed by atoms with E-state index in [0.717, 1.165) is 30.7 Å². The van der Waals surface area contributed by atoms with E-state index in [9.17, 15) is 13.2 Å². The second-order valence-electron chi connectivity index (χ2n) is 10.3. The van der Waals surface area contributed by atoms with E-state index >= 15 is 0 Å². The van der Waals surface area contributed by atoms with Crippen LogP contribution in [-0.4, -0.2) is 68.0 Å². The van der Waals surface area contributed by atoms with Gasteiger partial charge in [-0.1, -0.05) is 18.2 Å². The van der Waals surface area contributed by atoms with Gasteiger partial charge in [-0.05, 0) is 75.7 Å². The van der Waals surface area contributed by atoms with E-state index in [1.165, 1.54) is 15.4 Å². The van der Waals surface area contributed by atoms with Crippen molar-refractivity contribution < 1.29 is 17.9 Å². The molecule has 1 unspecified atom stereocenters. The molecule has 1 N–H and O–H groups in total. The normalized spacial score (nSPS) is 19.6. The van der Waals surface area contributed by atoms with Gasteiger partial charge in [0.1, 0.15) is 10.6 Å². The summed E-state index contributed by atoms with van der Waals surface area (Å²) in [5, 5.41) is 4.01. The fraction of sp³-hybridized carbons (Fsp3) is 0.483. The zero-order valence-electron chi connectivity index (χ0n) is 22.6. The summed E-state index contributed by atoms with van der Waals surface area (Å²) in [4.78, 5) is 14.2. The van der Waals surface area contributed by atoms with Crippen LogP contribution in [0.3, 0.4) is 0 Å². The SMILES string of the molecule is CCn1cc(S(=O)(=O)N2CCC3(CC2)CC(NCCCOc2cccc(SC)c2)CO3)c(=O)c2ccccc21. The minimum atomic E-state index is -3.91. The number of fused-ring (bicyclic) bond motifs is 1. The predicted molar refractivity (Wildman–Crippen MR) is 155 cm³/mol. The number of nitrogens with one attached hydrogen (secondary N) is 1. The van der Waals surface area contributed by atoms with Crippen molar-refractivity contribution in [2.24, 2.45) is 0 Å². The average molecular weight is 572 g/mol. The topological polar surface area (TPSA) is 89.9 Å². The first-order valence-corrected chi connectivity index (χ1v) is 16.3. The number of thioether (sulfide) groups is 1. The van der Waals surface area contributed by atoms with E-state index in [1.807, 2.05) is 35.8 Å². The molecule has 0 radical (unpaired) electrons. The summed E-state index contributed by atoms with van der Waals surface area (Å²) < 4.78 is 42.6. The summed E-state index contributed by atoms with van der Waals surface area (Å²) in [5.74, 6) is 0.893. The molecule has 8 nitrogen and oxygen atoms in total. The number of pyridine rings is 1. The molecule has 2 saturated heterocycles. The van der Waals surface area contributed by atoms with Crippen LogP contribution in [0.4, 0.5) is 0 Å². The average Bonchev–Trinajstić information content (AvgIpc) is 3.35. The van der Waals surface area contributed by atoms with Crippen LogP contribution in [-0.2, 0) is 21.3 Å². The molecule has 2 aromatic carbocycles. The van der Waals surface area contributed by atoms with Gasteiger partial charge in [-0.2, -0.15) is 4.31 Å². The Morgan fingerprint density at radius 2 is 1.95 bits per heavy atom. The van der Waals surface area contributed by atoms with Gasteiger partial charge in [-0.3, -0.25) is 4.79 Å². The molecular weight excluding hydrogens is 534 g/mol. The molecule has 5 rings (SSSR count). The highest BCUT2D eigenvalue weighted by Gasteiger charge is 2.45. The lowest BCUT2D eigenvalue weighted by Gasteiger charge is -2.38. The van der Waals surface area contributed by atoms with Gasteiger partial charge >= 0.3 is 0 Å². The molecule has 0 saturated carbocycles. The Morgan fingerprint density at radius 3 is 2.72 bits per heavy atom. The van der Waals surface area contributed by atoms with Crippen LogP contribution in [0.15, 0.2) is 69.3 Å². The minimum Gasteiger partial charge on any atom is -0.494 e. The number of rotatable bonds is 10. The molecule has 0 amide bonds. The number of aromatic nitrogens is 1. The van der Waals surface area contributed by atoms with Gasteiger partial charge in [0, 0.05) is 42.2 Å². The lowest BCUT2D eigenvalue weighted by atomic mass is 9.88. The van der Waals surface area contributed by atoms with Crippen molar-refractivity contribution in [2.45, 2.75) is 60.6 Å². The maximum absolute atomic E-state index is 13.6. The van der Waals surface area contributed by atoms with E-state index < -0.39 is 15.5 Å². The molecule has 1 aromatic heterocycles. The molecule has 0 bridgehead atoms. The minimum absolute atomic E-state index is 0.145. The van der Waals surface area contributed by atoms with Crippen LogP contribution in [0.25, 0.3) is 10.9 Å². The van der Waals surface area contributed by atoms with Crippen molar-refractivity contribution in [3.8, 4) is 5.75 Å². The number of hydrogen-bond acceptors (Lipinski definition) is 7. The van der Waals surface area contributed by atoms with Crippen LogP contribution in [0, 0.1) is 0 Å². The van der Waals surface area contributed by atoms with Crippen LogP contribution in [0.2, 0.25) is 0 Å². The van der Waals surface area contributed by atoms with E-state index in [1.54, 1.807) is 23.9 Å². The number of piperidine rings is 1. The Labute approximate surface area is 234 Å². The van der Waals surface area contributed by atoms with Crippen molar-refractivity contribution in [3.05, 3.63) is 65.0 Å². The van der Waals surface area contributed by atoms with Gasteiger partial charge < -0.3 is 19.4 Å². The Balaban J connectivity index is 1.14. The summed E-state index contributed by atoms with van der Waals surface area (Å²) in [6.45, 7) is 5.30. The van der Waals surface area contributed by atoms with Gasteiger partial charge in [0.05, 0.1) is 24.3 Å². The first kappa shape index (κ1) is 28.2. The highest BCUT2D eigenvalue weighted by molar-refractivity contribution is 7.98. The van der Waals surface area contributed by atoms with E-state index in [-0.39, 0.29) is 16.5 Å². The predicted octanol–water partition coefficient (Wildman–Crippen LogP) is 4.11. The molecule has 2 aliphatic heterocycles. The van der Waals surface area contributed by atoms with Crippen molar-refractivity contribution >= 4 is 32.7 Å². The van der Waals surface area contributed by atoms with Crippen LogP contribution >= 0.6 is 11.8 Å². The highest BCUT2D eigenvalue weighted by Crippen LogP contribution is 2.37.